The van der Waals surface area contributed by atoms with E-state index in [0.29, 0.717) is 12.6 Å². The smallest absolute Gasteiger partial charge is 0.322 e. The molecule has 0 spiro atoms. The van der Waals surface area contributed by atoms with Gasteiger partial charge in [-0.25, -0.2) is 0 Å². The molecule has 1 aromatic rings. The zero-order chi connectivity index (χ0) is 12.8. The molecule has 0 aliphatic heterocycles. The van der Waals surface area contributed by atoms with E-state index >= 15 is 0 Å². The summed E-state index contributed by atoms with van der Waals surface area (Å²) >= 11 is 0. The Bertz CT molecular complexity index is 371. The largest absolute Gasteiger partial charge is 0.368 e. The van der Waals surface area contributed by atoms with Gasteiger partial charge in [-0.3, -0.25) is 4.79 Å². The number of carbonyl (C=O) groups is 1. The van der Waals surface area contributed by atoms with Gasteiger partial charge in [0.1, 0.15) is 0 Å². The molecule has 0 heterocycles. The lowest BCUT2D eigenvalue weighted by Crippen LogP contribution is -2.37. The van der Waals surface area contributed by atoms with Crippen molar-refractivity contribution in [3.8, 4) is 0 Å². The van der Waals surface area contributed by atoms with Crippen LogP contribution < -0.4 is 0 Å². The predicted molar refractivity (Wildman–Crippen MR) is 70.6 cm³/mol. The number of hydrogen-bond donors (Lipinski definition) is 0. The Morgan fingerprint density at radius 2 is 1.89 bits per heavy atom. The van der Waals surface area contributed by atoms with Gasteiger partial charge < -0.3 is 4.84 Å². The number of hydroxylamine groups is 2. The number of benzene rings is 1. The molecule has 1 aliphatic rings. The average Bonchev–Trinajstić information content (AvgIpc) is 2.40. The standard InChI is InChI=1S/C15H21NO2/c1-13(17)18-16(15-10-6-3-7-11-15)12-14-8-4-2-5-9-14/h2,4-5,8-9,15H,3,6-7,10-12H2,1H3. The Morgan fingerprint density at radius 3 is 2.50 bits per heavy atom. The van der Waals surface area contributed by atoms with Crippen LogP contribution in [0.5, 0.6) is 0 Å². The van der Waals surface area contributed by atoms with Gasteiger partial charge in [0.25, 0.3) is 0 Å². The molecule has 18 heavy (non-hydrogen) atoms. The first-order valence-corrected chi connectivity index (χ1v) is 6.75. The van der Waals surface area contributed by atoms with E-state index in [9.17, 15) is 4.79 Å². The molecule has 3 nitrogen and oxygen atoms in total. The van der Waals surface area contributed by atoms with E-state index < -0.39 is 0 Å². The van der Waals surface area contributed by atoms with Gasteiger partial charge in [0.15, 0.2) is 0 Å². The molecule has 0 atom stereocenters. The third-order valence-electron chi connectivity index (χ3n) is 3.41. The summed E-state index contributed by atoms with van der Waals surface area (Å²) in [5.41, 5.74) is 1.18. The Morgan fingerprint density at radius 1 is 1.22 bits per heavy atom. The van der Waals surface area contributed by atoms with Crippen LogP contribution in [0.2, 0.25) is 0 Å². The first kappa shape index (κ1) is 13.1. The molecular weight excluding hydrogens is 226 g/mol. The monoisotopic (exact) mass is 247 g/mol. The lowest BCUT2D eigenvalue weighted by Gasteiger charge is -2.32. The molecule has 0 radical (unpaired) electrons. The minimum Gasteiger partial charge on any atom is -0.368 e. The Hall–Kier alpha value is -1.35. The molecule has 0 unspecified atom stereocenters. The van der Waals surface area contributed by atoms with Gasteiger partial charge in [0.2, 0.25) is 0 Å². The third-order valence-corrected chi connectivity index (χ3v) is 3.41. The predicted octanol–water partition coefficient (Wildman–Crippen LogP) is 3.30. The van der Waals surface area contributed by atoms with Gasteiger partial charge in [0, 0.05) is 13.0 Å². The van der Waals surface area contributed by atoms with Crippen molar-refractivity contribution in [3.63, 3.8) is 0 Å². The third kappa shape index (κ3) is 3.84. The summed E-state index contributed by atoms with van der Waals surface area (Å²) in [6.07, 6.45) is 6.02. The molecule has 1 aliphatic carbocycles. The van der Waals surface area contributed by atoms with Crippen molar-refractivity contribution in [1.82, 2.24) is 5.06 Å². The molecule has 1 saturated carbocycles. The lowest BCUT2D eigenvalue weighted by atomic mass is 9.95. The molecule has 0 N–H and O–H groups in total. The van der Waals surface area contributed by atoms with Crippen LogP contribution in [-0.4, -0.2) is 17.1 Å². The normalized spacial score (nSPS) is 16.8. The number of carbonyl (C=O) groups excluding carboxylic acids is 1. The van der Waals surface area contributed by atoms with Gasteiger partial charge in [-0.15, -0.1) is 5.06 Å². The average molecular weight is 247 g/mol. The molecular formula is C15H21NO2. The van der Waals surface area contributed by atoms with Gasteiger partial charge in [-0.05, 0) is 18.4 Å². The van der Waals surface area contributed by atoms with Crippen LogP contribution in [0.1, 0.15) is 44.6 Å². The fraction of sp³-hybridized carbons (Fsp3) is 0.533. The minimum absolute atomic E-state index is 0.225. The van der Waals surface area contributed by atoms with E-state index in [1.807, 2.05) is 23.3 Å². The summed E-state index contributed by atoms with van der Waals surface area (Å²) in [6.45, 7) is 2.16. The summed E-state index contributed by atoms with van der Waals surface area (Å²) < 4.78 is 0. The highest BCUT2D eigenvalue weighted by Gasteiger charge is 2.23. The van der Waals surface area contributed by atoms with E-state index in [1.165, 1.54) is 31.7 Å². The van der Waals surface area contributed by atoms with E-state index in [-0.39, 0.29) is 5.97 Å². The van der Waals surface area contributed by atoms with Crippen LogP contribution in [-0.2, 0) is 16.2 Å². The Balaban J connectivity index is 2.02. The molecule has 0 aromatic heterocycles. The summed E-state index contributed by atoms with van der Waals surface area (Å²) in [5.74, 6) is -0.225. The minimum atomic E-state index is -0.225. The van der Waals surface area contributed by atoms with Crippen molar-refractivity contribution in [2.24, 2.45) is 0 Å². The van der Waals surface area contributed by atoms with Crippen molar-refractivity contribution in [2.45, 2.75) is 51.6 Å². The molecule has 2 rings (SSSR count). The quantitative estimate of drug-likeness (QED) is 0.765. The first-order chi connectivity index (χ1) is 8.75. The summed E-state index contributed by atoms with van der Waals surface area (Å²) in [4.78, 5) is 16.6. The van der Waals surface area contributed by atoms with Crippen LogP contribution in [0, 0.1) is 0 Å². The second-order valence-electron chi connectivity index (χ2n) is 4.94. The maximum Gasteiger partial charge on any atom is 0.322 e. The number of hydrogen-bond acceptors (Lipinski definition) is 3. The van der Waals surface area contributed by atoms with Gasteiger partial charge in [0.05, 0.1) is 6.54 Å². The van der Waals surface area contributed by atoms with Crippen LogP contribution in [0.25, 0.3) is 0 Å². The number of rotatable bonds is 4. The molecule has 1 fully saturated rings. The summed E-state index contributed by atoms with van der Waals surface area (Å²) in [6, 6.07) is 10.5. The van der Waals surface area contributed by atoms with Gasteiger partial charge in [-0.1, -0.05) is 49.6 Å². The molecule has 1 aromatic carbocycles. The van der Waals surface area contributed by atoms with Crippen molar-refractivity contribution >= 4 is 5.97 Å². The van der Waals surface area contributed by atoms with Gasteiger partial charge in [-0.2, -0.15) is 0 Å². The first-order valence-electron chi connectivity index (χ1n) is 6.75. The van der Waals surface area contributed by atoms with E-state index in [0.717, 1.165) is 12.8 Å². The zero-order valence-corrected chi connectivity index (χ0v) is 11.0. The summed E-state index contributed by atoms with van der Waals surface area (Å²) in [7, 11) is 0. The summed E-state index contributed by atoms with van der Waals surface area (Å²) in [5, 5.41) is 1.87. The Kier molecular flexibility index (Phi) is 4.76. The molecule has 0 saturated heterocycles. The van der Waals surface area contributed by atoms with Crippen LogP contribution >= 0.6 is 0 Å². The van der Waals surface area contributed by atoms with Crippen molar-refractivity contribution < 1.29 is 9.63 Å². The van der Waals surface area contributed by atoms with Gasteiger partial charge >= 0.3 is 5.97 Å². The maximum absolute atomic E-state index is 11.2. The SMILES string of the molecule is CC(=O)ON(Cc1ccccc1)C1CCCCC1. The topological polar surface area (TPSA) is 29.5 Å². The Labute approximate surface area is 109 Å². The number of nitrogens with zero attached hydrogens (tertiary/aromatic N) is 1. The second-order valence-corrected chi connectivity index (χ2v) is 4.94. The van der Waals surface area contributed by atoms with E-state index in [2.05, 4.69) is 12.1 Å². The van der Waals surface area contributed by atoms with Crippen LogP contribution in [0.15, 0.2) is 30.3 Å². The zero-order valence-electron chi connectivity index (χ0n) is 11.0. The fourth-order valence-electron chi connectivity index (χ4n) is 2.53. The van der Waals surface area contributed by atoms with Crippen LogP contribution in [0.4, 0.5) is 0 Å². The highest BCUT2D eigenvalue weighted by molar-refractivity contribution is 5.65. The molecule has 98 valence electrons. The van der Waals surface area contributed by atoms with Crippen molar-refractivity contribution in [2.75, 3.05) is 0 Å². The molecule has 0 amide bonds. The van der Waals surface area contributed by atoms with Crippen molar-refractivity contribution in [3.05, 3.63) is 35.9 Å². The van der Waals surface area contributed by atoms with E-state index in [1.54, 1.807) is 0 Å². The highest BCUT2D eigenvalue weighted by Crippen LogP contribution is 2.24. The molecule has 3 heteroatoms. The van der Waals surface area contributed by atoms with Crippen LogP contribution in [0.3, 0.4) is 0 Å². The second kappa shape index (κ2) is 6.55. The fourth-order valence-corrected chi connectivity index (χ4v) is 2.53. The maximum atomic E-state index is 11.2. The highest BCUT2D eigenvalue weighted by atomic mass is 16.7. The van der Waals surface area contributed by atoms with Crippen molar-refractivity contribution in [1.29, 1.82) is 0 Å². The molecule has 0 bridgehead atoms. The van der Waals surface area contributed by atoms with E-state index in [4.69, 9.17) is 4.84 Å². The lowest BCUT2D eigenvalue weighted by molar-refractivity contribution is -0.206.